The number of carbonyl (C=O) groups is 1. The Kier molecular flexibility index (Phi) is 5.26. The van der Waals surface area contributed by atoms with Gasteiger partial charge in [0.25, 0.3) is 0 Å². The van der Waals surface area contributed by atoms with Gasteiger partial charge in [-0.05, 0) is 49.9 Å². The molecule has 3 rings (SSSR count). The summed E-state index contributed by atoms with van der Waals surface area (Å²) in [5, 5.41) is 0. The van der Waals surface area contributed by atoms with Crippen LogP contribution in [0.5, 0.6) is 0 Å². The second kappa shape index (κ2) is 7.45. The van der Waals surface area contributed by atoms with E-state index < -0.39 is 0 Å². The summed E-state index contributed by atoms with van der Waals surface area (Å²) in [6, 6.07) is 15.0. The first kappa shape index (κ1) is 18.4. The largest absolute Gasteiger partial charge is 0.336 e. The van der Waals surface area contributed by atoms with Gasteiger partial charge in [0.2, 0.25) is 5.91 Å². The zero-order valence-electron chi connectivity index (χ0n) is 15.5. The lowest BCUT2D eigenvalue weighted by Crippen LogP contribution is -2.47. The van der Waals surface area contributed by atoms with Gasteiger partial charge in [0, 0.05) is 18.4 Å². The highest BCUT2D eigenvalue weighted by Gasteiger charge is 2.40. The van der Waals surface area contributed by atoms with E-state index in [1.807, 2.05) is 23.1 Å². The number of likely N-dealkylation sites (tertiary alicyclic amines) is 1. The first-order valence-electron chi connectivity index (χ1n) is 9.18. The van der Waals surface area contributed by atoms with E-state index in [0.717, 1.165) is 24.0 Å². The number of carbonyl (C=O) groups excluding carboxylic acids is 1. The molecule has 136 valence electrons. The topological polar surface area (TPSA) is 20.3 Å². The molecule has 1 aliphatic rings. The highest BCUT2D eigenvalue weighted by Crippen LogP contribution is 2.41. The number of amides is 1. The lowest BCUT2D eigenvalue weighted by atomic mass is 9.70. The Bertz CT molecular complexity index is 781. The van der Waals surface area contributed by atoms with Gasteiger partial charge >= 0.3 is 0 Å². The Balaban J connectivity index is 1.83. The van der Waals surface area contributed by atoms with Gasteiger partial charge in [0.15, 0.2) is 0 Å². The Hall–Kier alpha value is -2.42. The van der Waals surface area contributed by atoms with E-state index >= 15 is 0 Å². The summed E-state index contributed by atoms with van der Waals surface area (Å²) in [4.78, 5) is 15.0. The molecular formula is C23H26FNO. The molecule has 1 heterocycles. The van der Waals surface area contributed by atoms with E-state index in [1.165, 1.54) is 17.7 Å². The maximum atomic E-state index is 13.3. The summed E-state index contributed by atoms with van der Waals surface area (Å²) in [5.74, 6) is -0.102. The fourth-order valence-electron chi connectivity index (χ4n) is 3.99. The van der Waals surface area contributed by atoms with Crippen LogP contribution < -0.4 is 0 Å². The Morgan fingerprint density at radius 2 is 1.85 bits per heavy atom. The molecule has 1 fully saturated rings. The molecule has 2 nitrogen and oxygen atoms in total. The normalized spacial score (nSPS) is 21.5. The van der Waals surface area contributed by atoms with Crippen molar-refractivity contribution >= 4 is 5.91 Å². The summed E-state index contributed by atoms with van der Waals surface area (Å²) >= 11 is 0. The van der Waals surface area contributed by atoms with Gasteiger partial charge in [0.05, 0.1) is 6.04 Å². The first-order chi connectivity index (χ1) is 12.4. The van der Waals surface area contributed by atoms with Gasteiger partial charge < -0.3 is 4.90 Å². The predicted octanol–water partition coefficient (Wildman–Crippen LogP) is 5.33. The highest BCUT2D eigenvalue weighted by molar-refractivity contribution is 5.79. The van der Waals surface area contributed by atoms with Crippen molar-refractivity contribution in [3.63, 3.8) is 0 Å². The SMILES string of the molecule is C=CCC1(c2ccc(F)cc2)CCN([C@@H](C)c2ccc(C)cc2)C(=O)C1. The Morgan fingerprint density at radius 3 is 2.42 bits per heavy atom. The predicted molar refractivity (Wildman–Crippen MR) is 103 cm³/mol. The van der Waals surface area contributed by atoms with Gasteiger partial charge in [-0.1, -0.05) is 48.0 Å². The summed E-state index contributed by atoms with van der Waals surface area (Å²) in [5.41, 5.74) is 3.11. The van der Waals surface area contributed by atoms with Crippen molar-refractivity contribution in [1.29, 1.82) is 0 Å². The summed E-state index contributed by atoms with van der Waals surface area (Å²) < 4.78 is 13.3. The third-order valence-corrected chi connectivity index (χ3v) is 5.66. The molecule has 0 aromatic heterocycles. The third kappa shape index (κ3) is 3.57. The Labute approximate surface area is 155 Å². The number of halogens is 1. The van der Waals surface area contributed by atoms with E-state index in [4.69, 9.17) is 0 Å². The van der Waals surface area contributed by atoms with Crippen LogP contribution in [0.3, 0.4) is 0 Å². The molecule has 0 aliphatic carbocycles. The standard InChI is InChI=1S/C23H26FNO/c1-4-13-23(20-9-11-21(24)12-10-20)14-15-25(22(26)16-23)18(3)19-7-5-17(2)6-8-19/h4-12,18H,1,13-16H2,2-3H3/t18-,23?/m0/s1. The fraction of sp³-hybridized carbons (Fsp3) is 0.348. The monoisotopic (exact) mass is 351 g/mol. The molecule has 1 amide bonds. The quantitative estimate of drug-likeness (QED) is 0.667. The van der Waals surface area contributed by atoms with Crippen LogP contribution in [-0.4, -0.2) is 17.4 Å². The van der Waals surface area contributed by atoms with Crippen molar-refractivity contribution in [3.05, 3.63) is 83.7 Å². The van der Waals surface area contributed by atoms with Crippen LogP contribution in [0.1, 0.15) is 48.9 Å². The van der Waals surface area contributed by atoms with E-state index in [-0.39, 0.29) is 23.2 Å². The minimum atomic E-state index is -0.282. The van der Waals surface area contributed by atoms with Crippen molar-refractivity contribution in [1.82, 2.24) is 4.90 Å². The van der Waals surface area contributed by atoms with Gasteiger partial charge in [-0.3, -0.25) is 4.79 Å². The molecule has 1 saturated heterocycles. The van der Waals surface area contributed by atoms with E-state index in [9.17, 15) is 9.18 Å². The fourth-order valence-corrected chi connectivity index (χ4v) is 3.99. The zero-order chi connectivity index (χ0) is 18.7. The summed E-state index contributed by atoms with van der Waals surface area (Å²) in [7, 11) is 0. The number of allylic oxidation sites excluding steroid dienone is 1. The molecule has 0 saturated carbocycles. The molecule has 1 unspecified atom stereocenters. The molecule has 0 spiro atoms. The minimum Gasteiger partial charge on any atom is -0.336 e. The average Bonchev–Trinajstić information content (AvgIpc) is 2.63. The molecular weight excluding hydrogens is 325 g/mol. The van der Waals surface area contributed by atoms with E-state index in [0.29, 0.717) is 13.0 Å². The number of hydrogen-bond acceptors (Lipinski definition) is 1. The van der Waals surface area contributed by atoms with Gasteiger partial charge in [-0.15, -0.1) is 6.58 Å². The molecule has 0 radical (unpaired) electrons. The van der Waals surface area contributed by atoms with Crippen molar-refractivity contribution in [2.24, 2.45) is 0 Å². The number of rotatable bonds is 5. The minimum absolute atomic E-state index is 0.0537. The molecule has 0 N–H and O–H groups in total. The maximum absolute atomic E-state index is 13.3. The van der Waals surface area contributed by atoms with Crippen LogP contribution in [0.4, 0.5) is 4.39 Å². The smallest absolute Gasteiger partial charge is 0.223 e. The van der Waals surface area contributed by atoms with Crippen molar-refractivity contribution < 1.29 is 9.18 Å². The first-order valence-corrected chi connectivity index (χ1v) is 9.18. The van der Waals surface area contributed by atoms with Gasteiger partial charge in [-0.2, -0.15) is 0 Å². The van der Waals surface area contributed by atoms with Gasteiger partial charge in [-0.25, -0.2) is 4.39 Å². The molecule has 2 atom stereocenters. The molecule has 2 aromatic rings. The number of piperidine rings is 1. The summed E-state index contributed by atoms with van der Waals surface area (Å²) in [6.45, 7) is 8.72. The number of aryl methyl sites for hydroxylation is 1. The van der Waals surface area contributed by atoms with Crippen LogP contribution in [0, 0.1) is 12.7 Å². The third-order valence-electron chi connectivity index (χ3n) is 5.66. The van der Waals surface area contributed by atoms with Crippen molar-refractivity contribution in [2.75, 3.05) is 6.54 Å². The molecule has 2 aromatic carbocycles. The summed E-state index contributed by atoms with van der Waals surface area (Å²) in [6.07, 6.45) is 3.88. The highest BCUT2D eigenvalue weighted by atomic mass is 19.1. The molecule has 3 heteroatoms. The maximum Gasteiger partial charge on any atom is 0.223 e. The van der Waals surface area contributed by atoms with Crippen molar-refractivity contribution in [3.8, 4) is 0 Å². The second-order valence-electron chi connectivity index (χ2n) is 7.38. The van der Waals surface area contributed by atoms with Crippen LogP contribution in [-0.2, 0) is 10.2 Å². The van der Waals surface area contributed by atoms with Crippen molar-refractivity contribution in [2.45, 2.75) is 44.6 Å². The molecule has 0 bridgehead atoms. The van der Waals surface area contributed by atoms with Gasteiger partial charge in [0.1, 0.15) is 5.82 Å². The van der Waals surface area contributed by atoms with Crippen LogP contribution in [0.25, 0.3) is 0 Å². The van der Waals surface area contributed by atoms with Crippen LogP contribution >= 0.6 is 0 Å². The van der Waals surface area contributed by atoms with Crippen LogP contribution in [0.2, 0.25) is 0 Å². The average molecular weight is 351 g/mol. The van der Waals surface area contributed by atoms with Crippen LogP contribution in [0.15, 0.2) is 61.2 Å². The van der Waals surface area contributed by atoms with E-state index in [2.05, 4.69) is 44.7 Å². The Morgan fingerprint density at radius 1 is 1.19 bits per heavy atom. The zero-order valence-corrected chi connectivity index (χ0v) is 15.5. The molecule has 1 aliphatic heterocycles. The lowest BCUT2D eigenvalue weighted by Gasteiger charge is -2.43. The van der Waals surface area contributed by atoms with E-state index in [1.54, 1.807) is 0 Å². The second-order valence-corrected chi connectivity index (χ2v) is 7.38. The number of nitrogens with zero attached hydrogens (tertiary/aromatic N) is 1. The molecule has 26 heavy (non-hydrogen) atoms. The number of hydrogen-bond donors (Lipinski definition) is 0. The lowest BCUT2D eigenvalue weighted by molar-refractivity contribution is -0.138. The number of benzene rings is 2.